The summed E-state index contributed by atoms with van der Waals surface area (Å²) in [5.41, 5.74) is 2.90. The summed E-state index contributed by atoms with van der Waals surface area (Å²) in [5, 5.41) is 0. The molecule has 2 heterocycles. The van der Waals surface area contributed by atoms with Crippen molar-refractivity contribution in [2.75, 3.05) is 21.3 Å². The summed E-state index contributed by atoms with van der Waals surface area (Å²) < 4.78 is 59.8. The number of alkyl halides is 3. The average molecular weight is 445 g/mol. The minimum Gasteiger partial charge on any atom is -0.493 e. The van der Waals surface area contributed by atoms with Crippen LogP contribution >= 0.6 is 0 Å². The normalized spacial score (nSPS) is 11.4. The first-order valence-corrected chi connectivity index (χ1v) is 9.32. The van der Waals surface area contributed by atoms with Gasteiger partial charge in [-0.3, -0.25) is 9.55 Å². The molecule has 0 fully saturated rings. The van der Waals surface area contributed by atoms with E-state index < -0.39 is 6.36 Å². The standard InChI is InChI=1S/C22H18F3N3O4/c1-29-19-8-14(9-20(30-2)21(19)31-3)28-12-27-17-11-26-16(10-18(17)28)13-5-4-6-15(7-13)32-22(23,24)25/h4-12H,1-3H3. The molecule has 0 radical (unpaired) electrons. The smallest absolute Gasteiger partial charge is 0.493 e. The fraction of sp³-hybridized carbons (Fsp3) is 0.182. The molecule has 0 bridgehead atoms. The van der Waals surface area contributed by atoms with E-state index in [-0.39, 0.29) is 5.75 Å². The van der Waals surface area contributed by atoms with E-state index in [1.165, 1.54) is 39.5 Å². The molecule has 0 N–H and O–H groups in total. The highest BCUT2D eigenvalue weighted by molar-refractivity contribution is 5.81. The number of rotatable bonds is 6. The van der Waals surface area contributed by atoms with Crippen molar-refractivity contribution in [1.82, 2.24) is 14.5 Å². The summed E-state index contributed by atoms with van der Waals surface area (Å²) in [7, 11) is 4.55. The molecule has 0 unspecified atom stereocenters. The second-order valence-electron chi connectivity index (χ2n) is 6.63. The number of pyridine rings is 1. The van der Waals surface area contributed by atoms with Crippen LogP contribution in [-0.2, 0) is 0 Å². The molecular formula is C22H18F3N3O4. The van der Waals surface area contributed by atoms with Gasteiger partial charge in [0, 0.05) is 17.7 Å². The third-order valence-corrected chi connectivity index (χ3v) is 4.72. The van der Waals surface area contributed by atoms with Crippen molar-refractivity contribution in [1.29, 1.82) is 0 Å². The molecule has 0 spiro atoms. The van der Waals surface area contributed by atoms with Gasteiger partial charge in [-0.05, 0) is 18.2 Å². The van der Waals surface area contributed by atoms with Gasteiger partial charge in [-0.25, -0.2) is 4.98 Å². The molecule has 2 aromatic carbocycles. The molecule has 0 aliphatic rings. The molecule has 0 amide bonds. The van der Waals surface area contributed by atoms with Crippen LogP contribution in [-0.4, -0.2) is 42.2 Å². The third-order valence-electron chi connectivity index (χ3n) is 4.72. The van der Waals surface area contributed by atoms with Crippen molar-refractivity contribution in [3.63, 3.8) is 0 Å². The van der Waals surface area contributed by atoms with E-state index in [0.29, 0.717) is 45.2 Å². The van der Waals surface area contributed by atoms with E-state index in [4.69, 9.17) is 14.2 Å². The number of hydrogen-bond donors (Lipinski definition) is 0. The number of aromatic nitrogens is 3. The van der Waals surface area contributed by atoms with Crippen LogP contribution in [0.25, 0.3) is 28.0 Å². The second kappa shape index (κ2) is 8.29. The van der Waals surface area contributed by atoms with Gasteiger partial charge < -0.3 is 18.9 Å². The van der Waals surface area contributed by atoms with Crippen LogP contribution in [0.2, 0.25) is 0 Å². The minimum atomic E-state index is -4.78. The molecule has 7 nitrogen and oxygen atoms in total. The monoisotopic (exact) mass is 445 g/mol. The zero-order valence-corrected chi connectivity index (χ0v) is 17.3. The first-order valence-electron chi connectivity index (χ1n) is 9.32. The Kier molecular flexibility index (Phi) is 5.52. The van der Waals surface area contributed by atoms with Crippen molar-refractivity contribution >= 4 is 11.0 Å². The number of imidazole rings is 1. The van der Waals surface area contributed by atoms with Crippen molar-refractivity contribution in [2.24, 2.45) is 0 Å². The summed E-state index contributed by atoms with van der Waals surface area (Å²) >= 11 is 0. The first kappa shape index (κ1) is 21.3. The second-order valence-corrected chi connectivity index (χ2v) is 6.63. The van der Waals surface area contributed by atoms with Gasteiger partial charge in [0.15, 0.2) is 11.5 Å². The molecule has 0 aliphatic heterocycles. The predicted molar refractivity (Wildman–Crippen MR) is 111 cm³/mol. The zero-order chi connectivity index (χ0) is 22.9. The van der Waals surface area contributed by atoms with Gasteiger partial charge >= 0.3 is 6.36 Å². The number of benzene rings is 2. The number of halogens is 3. The number of fused-ring (bicyclic) bond motifs is 1. The van der Waals surface area contributed by atoms with Crippen molar-refractivity contribution in [3.05, 3.63) is 55.0 Å². The highest BCUT2D eigenvalue weighted by Crippen LogP contribution is 2.40. The van der Waals surface area contributed by atoms with Gasteiger partial charge in [0.05, 0.1) is 44.4 Å². The molecule has 0 aliphatic carbocycles. The van der Waals surface area contributed by atoms with Crippen LogP contribution < -0.4 is 18.9 Å². The molecule has 4 aromatic rings. The van der Waals surface area contributed by atoms with Crippen molar-refractivity contribution < 1.29 is 32.1 Å². The number of hydrogen-bond acceptors (Lipinski definition) is 6. The van der Waals surface area contributed by atoms with Gasteiger partial charge in [-0.15, -0.1) is 13.2 Å². The largest absolute Gasteiger partial charge is 0.573 e. The molecule has 32 heavy (non-hydrogen) atoms. The van der Waals surface area contributed by atoms with E-state index in [1.54, 1.807) is 41.4 Å². The summed E-state index contributed by atoms with van der Waals surface area (Å²) in [6.07, 6.45) is -1.61. The van der Waals surface area contributed by atoms with Gasteiger partial charge in [0.1, 0.15) is 17.6 Å². The Morgan fingerprint density at radius 3 is 2.22 bits per heavy atom. The maximum absolute atomic E-state index is 12.6. The lowest BCUT2D eigenvalue weighted by Crippen LogP contribution is -2.17. The van der Waals surface area contributed by atoms with Crippen LogP contribution in [0.5, 0.6) is 23.0 Å². The summed E-state index contributed by atoms with van der Waals surface area (Å²) in [4.78, 5) is 8.70. The minimum absolute atomic E-state index is 0.324. The summed E-state index contributed by atoms with van der Waals surface area (Å²) in [6, 6.07) is 10.9. The zero-order valence-electron chi connectivity index (χ0n) is 17.3. The molecule has 0 saturated carbocycles. The number of nitrogens with zero attached hydrogens (tertiary/aromatic N) is 3. The molecule has 2 aromatic heterocycles. The lowest BCUT2D eigenvalue weighted by molar-refractivity contribution is -0.274. The fourth-order valence-corrected chi connectivity index (χ4v) is 3.33. The topological polar surface area (TPSA) is 67.6 Å². The van der Waals surface area contributed by atoms with Crippen molar-refractivity contribution in [2.45, 2.75) is 6.36 Å². The van der Waals surface area contributed by atoms with E-state index in [0.717, 1.165) is 0 Å². The Bertz CT molecular complexity index is 1250. The van der Waals surface area contributed by atoms with Gasteiger partial charge in [-0.2, -0.15) is 0 Å². The Labute approximate surface area is 180 Å². The predicted octanol–water partition coefficient (Wildman–Crippen LogP) is 5.01. The quantitative estimate of drug-likeness (QED) is 0.416. The van der Waals surface area contributed by atoms with E-state index >= 15 is 0 Å². The fourth-order valence-electron chi connectivity index (χ4n) is 3.33. The Morgan fingerprint density at radius 2 is 1.59 bits per heavy atom. The molecule has 0 saturated heterocycles. The Balaban J connectivity index is 1.81. The van der Waals surface area contributed by atoms with Crippen LogP contribution in [0.1, 0.15) is 0 Å². The van der Waals surface area contributed by atoms with Crippen molar-refractivity contribution in [3.8, 4) is 39.9 Å². The van der Waals surface area contributed by atoms with Crippen LogP contribution in [0.4, 0.5) is 13.2 Å². The highest BCUT2D eigenvalue weighted by Gasteiger charge is 2.31. The van der Waals surface area contributed by atoms with E-state index in [9.17, 15) is 13.2 Å². The SMILES string of the molecule is COc1cc(-n2cnc3cnc(-c4cccc(OC(F)(F)F)c4)cc32)cc(OC)c1OC. The summed E-state index contributed by atoms with van der Waals surface area (Å²) in [6.45, 7) is 0. The van der Waals surface area contributed by atoms with Crippen LogP contribution in [0.3, 0.4) is 0 Å². The maximum atomic E-state index is 12.6. The number of ether oxygens (including phenoxy) is 4. The molecular weight excluding hydrogens is 427 g/mol. The average Bonchev–Trinajstić information content (AvgIpc) is 3.20. The molecule has 10 heteroatoms. The van der Waals surface area contributed by atoms with Gasteiger partial charge in [-0.1, -0.05) is 12.1 Å². The Hall–Kier alpha value is -3.95. The van der Waals surface area contributed by atoms with Crippen LogP contribution in [0, 0.1) is 0 Å². The Morgan fingerprint density at radius 1 is 0.875 bits per heavy atom. The highest BCUT2D eigenvalue weighted by atomic mass is 19.4. The van der Waals surface area contributed by atoms with Gasteiger partial charge in [0.25, 0.3) is 0 Å². The molecule has 4 rings (SSSR count). The van der Waals surface area contributed by atoms with E-state index in [2.05, 4.69) is 14.7 Å². The first-order chi connectivity index (χ1) is 15.3. The van der Waals surface area contributed by atoms with Gasteiger partial charge in [0.2, 0.25) is 5.75 Å². The lowest BCUT2D eigenvalue weighted by Gasteiger charge is -2.15. The third kappa shape index (κ3) is 4.11. The molecule has 166 valence electrons. The maximum Gasteiger partial charge on any atom is 0.573 e. The lowest BCUT2D eigenvalue weighted by atomic mass is 10.1. The van der Waals surface area contributed by atoms with Crippen LogP contribution in [0.15, 0.2) is 55.0 Å². The van der Waals surface area contributed by atoms with E-state index in [1.807, 2.05) is 0 Å². The number of methoxy groups -OCH3 is 3. The summed E-state index contributed by atoms with van der Waals surface area (Å²) in [5.74, 6) is 1.06. The molecule has 0 atom stereocenters.